The second kappa shape index (κ2) is 3.37. The maximum Gasteiger partial charge on any atom is 0.407 e. The Labute approximate surface area is 87.4 Å². The maximum absolute atomic E-state index is 11.7. The highest BCUT2D eigenvalue weighted by Crippen LogP contribution is 2.52. The Morgan fingerprint density at radius 3 is 2.33 bits per heavy atom. The molecule has 1 aliphatic heterocycles. The second-order valence-corrected chi connectivity index (χ2v) is 4.06. The summed E-state index contributed by atoms with van der Waals surface area (Å²) in [6, 6.07) is 0. The molecule has 6 nitrogen and oxygen atoms in total. The van der Waals surface area contributed by atoms with Crippen LogP contribution < -0.4 is 0 Å². The van der Waals surface area contributed by atoms with Crippen molar-refractivity contribution in [3.8, 4) is 0 Å². The molecule has 1 N–H and O–H groups in total. The molecule has 1 saturated carbocycles. The Hall–Kier alpha value is -1.30. The highest BCUT2D eigenvalue weighted by molar-refractivity contribution is 5.82. The normalized spacial score (nSPS) is 32.4. The number of carbonyl (C=O) groups is 2. The van der Waals surface area contributed by atoms with Gasteiger partial charge < -0.3 is 10.0 Å². The Morgan fingerprint density at radius 2 is 1.93 bits per heavy atom. The van der Waals surface area contributed by atoms with E-state index < -0.39 is 6.09 Å². The van der Waals surface area contributed by atoms with E-state index in [-0.39, 0.29) is 23.7 Å². The molecular weight excluding hydrogens is 200 g/mol. The molecule has 0 radical (unpaired) electrons. The fraction of sp³-hybridized carbons (Fsp3) is 0.778. The quantitative estimate of drug-likeness (QED) is 0.650. The number of piperidine rings is 1. The van der Waals surface area contributed by atoms with Gasteiger partial charge in [-0.2, -0.15) is 0 Å². The molecule has 1 heterocycles. The van der Waals surface area contributed by atoms with Crippen LogP contribution in [0.5, 0.6) is 0 Å². The van der Waals surface area contributed by atoms with E-state index in [9.17, 15) is 9.59 Å². The van der Waals surface area contributed by atoms with Crippen LogP contribution in [-0.4, -0.2) is 54.3 Å². The summed E-state index contributed by atoms with van der Waals surface area (Å²) >= 11 is 0. The molecule has 1 unspecified atom stereocenters. The van der Waals surface area contributed by atoms with E-state index in [2.05, 4.69) is 0 Å². The summed E-state index contributed by atoms with van der Waals surface area (Å²) in [4.78, 5) is 28.5. The first kappa shape index (κ1) is 10.2. The van der Waals surface area contributed by atoms with Gasteiger partial charge in [-0.25, -0.2) is 9.86 Å². The van der Waals surface area contributed by atoms with Gasteiger partial charge in [0.25, 0.3) is 0 Å². The molecule has 3 atom stereocenters. The summed E-state index contributed by atoms with van der Waals surface area (Å²) in [5.41, 5.74) is 0. The lowest BCUT2D eigenvalue weighted by atomic mass is 10.2. The molecule has 1 saturated heterocycles. The molecule has 1 aliphatic carbocycles. The predicted molar refractivity (Wildman–Crippen MR) is 49.8 cm³/mol. The molecule has 0 aromatic carbocycles. The molecule has 0 spiro atoms. The van der Waals surface area contributed by atoms with Crippen LogP contribution in [-0.2, 0) is 9.63 Å². The summed E-state index contributed by atoms with van der Waals surface area (Å²) in [6.07, 6.45) is -0.895. The summed E-state index contributed by atoms with van der Waals surface area (Å²) in [5, 5.41) is 9.95. The largest absolute Gasteiger partial charge is 0.465 e. The minimum atomic E-state index is -0.895. The molecule has 2 aliphatic rings. The van der Waals surface area contributed by atoms with E-state index in [4.69, 9.17) is 9.94 Å². The average Bonchev–Trinajstić information content (AvgIpc) is 2.69. The smallest absolute Gasteiger partial charge is 0.407 e. The molecule has 84 valence electrons. The summed E-state index contributed by atoms with van der Waals surface area (Å²) in [5.74, 6) is 0.320. The number of fused-ring (bicyclic) bond motifs is 1. The minimum absolute atomic E-state index is 0.0365. The van der Waals surface area contributed by atoms with Gasteiger partial charge in [0.05, 0.1) is 13.0 Å². The number of hydroxylamine groups is 2. The number of likely N-dealkylation sites (tertiary alicyclic amines) is 1. The number of carboxylic acid groups (broad SMARTS) is 1. The molecule has 2 fully saturated rings. The molecule has 0 bridgehead atoms. The Balaban J connectivity index is 1.89. The van der Waals surface area contributed by atoms with Crippen LogP contribution in [0.2, 0.25) is 0 Å². The predicted octanol–water partition coefficient (Wildman–Crippen LogP) is -0.138. The molecular formula is C9H14N2O4. The highest BCUT2D eigenvalue weighted by atomic mass is 16.7. The van der Waals surface area contributed by atoms with Crippen LogP contribution in [0.15, 0.2) is 0 Å². The lowest BCUT2D eigenvalue weighted by Gasteiger charge is -2.18. The zero-order valence-electron chi connectivity index (χ0n) is 8.71. The lowest BCUT2D eigenvalue weighted by Crippen LogP contribution is -2.34. The van der Waals surface area contributed by atoms with E-state index in [1.165, 1.54) is 17.1 Å². The van der Waals surface area contributed by atoms with E-state index in [0.717, 1.165) is 0 Å². The molecule has 0 aromatic rings. The van der Waals surface area contributed by atoms with Crippen molar-refractivity contribution < 1.29 is 19.5 Å². The van der Waals surface area contributed by atoms with E-state index in [1.54, 1.807) is 7.05 Å². The van der Waals surface area contributed by atoms with Gasteiger partial charge in [0.2, 0.25) is 5.91 Å². The van der Waals surface area contributed by atoms with Gasteiger partial charge in [-0.15, -0.1) is 0 Å². The topological polar surface area (TPSA) is 70.1 Å². The van der Waals surface area contributed by atoms with Crippen molar-refractivity contribution in [2.45, 2.75) is 0 Å². The van der Waals surface area contributed by atoms with Gasteiger partial charge in [-0.05, 0) is 11.8 Å². The summed E-state index contributed by atoms with van der Waals surface area (Å²) in [6.45, 7) is 0.960. The van der Waals surface area contributed by atoms with Gasteiger partial charge in [0, 0.05) is 20.1 Å². The number of carbonyl (C=O) groups excluding carboxylic acids is 1. The lowest BCUT2D eigenvalue weighted by molar-refractivity contribution is -0.171. The van der Waals surface area contributed by atoms with E-state index in [0.29, 0.717) is 13.1 Å². The fourth-order valence-electron chi connectivity index (χ4n) is 2.35. The fourth-order valence-corrected chi connectivity index (χ4v) is 2.35. The van der Waals surface area contributed by atoms with Crippen molar-refractivity contribution >= 4 is 12.0 Å². The number of rotatable bonds is 2. The monoisotopic (exact) mass is 214 g/mol. The maximum atomic E-state index is 11.7. The van der Waals surface area contributed by atoms with Gasteiger partial charge in [0.1, 0.15) is 0 Å². The second-order valence-electron chi connectivity index (χ2n) is 4.06. The van der Waals surface area contributed by atoms with Crippen LogP contribution in [0.25, 0.3) is 0 Å². The van der Waals surface area contributed by atoms with Gasteiger partial charge in [0.15, 0.2) is 0 Å². The zero-order valence-corrected chi connectivity index (χ0v) is 8.71. The van der Waals surface area contributed by atoms with Crippen molar-refractivity contribution in [2.75, 3.05) is 27.2 Å². The van der Waals surface area contributed by atoms with Crippen molar-refractivity contribution in [1.82, 2.24) is 9.96 Å². The Morgan fingerprint density at radius 1 is 1.40 bits per heavy atom. The number of hydrogen-bond donors (Lipinski definition) is 1. The van der Waals surface area contributed by atoms with Crippen molar-refractivity contribution in [3.63, 3.8) is 0 Å². The van der Waals surface area contributed by atoms with Crippen molar-refractivity contribution in [3.05, 3.63) is 0 Å². The standard InChI is InChI=1S/C9H14N2O4/c1-10(15-2)8(12)7-5-3-11(9(13)14)4-6(5)7/h5-7H,3-4H2,1-2H3,(H,13,14)/t5-,6?,7-/m0/s1. The van der Waals surface area contributed by atoms with Crippen LogP contribution in [0.3, 0.4) is 0 Å². The van der Waals surface area contributed by atoms with Crippen LogP contribution in [0, 0.1) is 17.8 Å². The van der Waals surface area contributed by atoms with Crippen LogP contribution in [0.1, 0.15) is 0 Å². The number of amides is 2. The summed E-state index contributed by atoms with van der Waals surface area (Å²) < 4.78 is 0. The first-order valence-corrected chi connectivity index (χ1v) is 4.85. The Bertz CT molecular complexity index is 294. The number of nitrogens with zero attached hydrogens (tertiary/aromatic N) is 2. The third-order valence-corrected chi connectivity index (χ3v) is 3.33. The number of hydrogen-bond acceptors (Lipinski definition) is 3. The Kier molecular flexibility index (Phi) is 2.30. The molecule has 6 heteroatoms. The van der Waals surface area contributed by atoms with Crippen LogP contribution in [0.4, 0.5) is 4.79 Å². The third kappa shape index (κ3) is 1.54. The SMILES string of the molecule is CON(C)C(=O)[C@@H]1C2CN(C(=O)O)C[C@@H]21. The average molecular weight is 214 g/mol. The molecule has 0 aromatic heterocycles. The zero-order chi connectivity index (χ0) is 11.2. The molecule has 2 rings (SSSR count). The van der Waals surface area contributed by atoms with E-state index >= 15 is 0 Å². The third-order valence-electron chi connectivity index (χ3n) is 3.33. The minimum Gasteiger partial charge on any atom is -0.465 e. The van der Waals surface area contributed by atoms with E-state index in [1.807, 2.05) is 0 Å². The van der Waals surface area contributed by atoms with Gasteiger partial charge in [-0.3, -0.25) is 9.63 Å². The van der Waals surface area contributed by atoms with Crippen molar-refractivity contribution in [2.24, 2.45) is 17.8 Å². The van der Waals surface area contributed by atoms with Gasteiger partial charge in [-0.1, -0.05) is 0 Å². The first-order chi connectivity index (χ1) is 7.06. The highest BCUT2D eigenvalue weighted by Gasteiger charge is 2.61. The molecule has 15 heavy (non-hydrogen) atoms. The summed E-state index contributed by atoms with van der Waals surface area (Å²) in [7, 11) is 3.02. The van der Waals surface area contributed by atoms with Crippen LogP contribution >= 0.6 is 0 Å². The molecule has 2 amide bonds. The van der Waals surface area contributed by atoms with Gasteiger partial charge >= 0.3 is 6.09 Å². The first-order valence-electron chi connectivity index (χ1n) is 4.85. The van der Waals surface area contributed by atoms with Crippen molar-refractivity contribution in [1.29, 1.82) is 0 Å².